The first-order valence-electron chi connectivity index (χ1n) is 5.90. The van der Waals surface area contributed by atoms with Gasteiger partial charge in [0.05, 0.1) is 11.1 Å². The molecule has 3 rings (SSSR count). The summed E-state index contributed by atoms with van der Waals surface area (Å²) in [6, 6.07) is 5.52. The molecule has 1 aromatic carbocycles. The molecule has 1 aliphatic carbocycles. The van der Waals surface area contributed by atoms with Crippen molar-refractivity contribution in [1.82, 2.24) is 4.98 Å². The summed E-state index contributed by atoms with van der Waals surface area (Å²) in [6.45, 7) is 1.95. The summed E-state index contributed by atoms with van der Waals surface area (Å²) in [6.07, 6.45) is 2.23. The van der Waals surface area contributed by atoms with Crippen LogP contribution in [0.25, 0.3) is 10.9 Å². The first kappa shape index (κ1) is 11.7. The molecular formula is C14H12BrNO2. The minimum Gasteiger partial charge on any atom is -0.478 e. The van der Waals surface area contributed by atoms with Crippen molar-refractivity contribution in [2.45, 2.75) is 25.7 Å². The summed E-state index contributed by atoms with van der Waals surface area (Å²) in [4.78, 5) is 16.0. The Morgan fingerprint density at radius 2 is 2.11 bits per heavy atom. The Labute approximate surface area is 113 Å². The van der Waals surface area contributed by atoms with Gasteiger partial charge in [-0.05, 0) is 43.5 Å². The minimum atomic E-state index is -0.883. The predicted octanol–water partition coefficient (Wildman–Crippen LogP) is 3.88. The number of aryl methyl sites for hydroxylation is 1. The Morgan fingerprint density at radius 1 is 1.39 bits per heavy atom. The Bertz CT molecular complexity index is 662. The maximum atomic E-state index is 11.4. The third kappa shape index (κ3) is 1.90. The predicted molar refractivity (Wildman–Crippen MR) is 73.1 cm³/mol. The molecule has 18 heavy (non-hydrogen) atoms. The zero-order chi connectivity index (χ0) is 12.9. The number of hydrogen-bond donors (Lipinski definition) is 1. The molecule has 0 bridgehead atoms. The maximum Gasteiger partial charge on any atom is 0.336 e. The van der Waals surface area contributed by atoms with Crippen molar-refractivity contribution in [3.8, 4) is 0 Å². The molecular weight excluding hydrogens is 294 g/mol. The topological polar surface area (TPSA) is 50.2 Å². The number of carboxylic acids is 1. The van der Waals surface area contributed by atoms with Crippen LogP contribution in [0.4, 0.5) is 0 Å². The number of aromatic carboxylic acids is 1. The molecule has 2 aromatic rings. The SMILES string of the molecule is Cc1cc2c(C(=O)O)cc(C3CC3)nc2cc1Br. The molecule has 0 radical (unpaired) electrons. The molecule has 1 saturated carbocycles. The number of rotatable bonds is 2. The van der Waals surface area contributed by atoms with Crippen molar-refractivity contribution in [3.63, 3.8) is 0 Å². The van der Waals surface area contributed by atoms with Crippen LogP contribution in [0.5, 0.6) is 0 Å². The molecule has 1 fully saturated rings. The van der Waals surface area contributed by atoms with E-state index in [1.165, 1.54) is 0 Å². The van der Waals surface area contributed by atoms with Crippen LogP contribution in [0.15, 0.2) is 22.7 Å². The molecule has 1 N–H and O–H groups in total. The van der Waals surface area contributed by atoms with Crippen LogP contribution in [0, 0.1) is 6.92 Å². The van der Waals surface area contributed by atoms with Crippen molar-refractivity contribution >= 4 is 32.8 Å². The van der Waals surface area contributed by atoms with Crippen LogP contribution in [-0.2, 0) is 0 Å². The van der Waals surface area contributed by atoms with Gasteiger partial charge in [-0.3, -0.25) is 4.98 Å². The molecule has 3 nitrogen and oxygen atoms in total. The Balaban J connectivity index is 2.33. The Hall–Kier alpha value is -1.42. The molecule has 92 valence electrons. The molecule has 0 aliphatic heterocycles. The van der Waals surface area contributed by atoms with Crippen molar-refractivity contribution in [2.75, 3.05) is 0 Å². The summed E-state index contributed by atoms with van der Waals surface area (Å²) in [5, 5.41) is 10.0. The lowest BCUT2D eigenvalue weighted by atomic mass is 10.0. The number of fused-ring (bicyclic) bond motifs is 1. The van der Waals surface area contributed by atoms with Gasteiger partial charge in [-0.1, -0.05) is 15.9 Å². The number of nitrogens with zero attached hydrogens (tertiary/aromatic N) is 1. The van der Waals surface area contributed by atoms with E-state index in [-0.39, 0.29) is 0 Å². The van der Waals surface area contributed by atoms with E-state index < -0.39 is 5.97 Å². The summed E-state index contributed by atoms with van der Waals surface area (Å²) >= 11 is 3.47. The first-order chi connectivity index (χ1) is 8.56. The number of benzene rings is 1. The summed E-state index contributed by atoms with van der Waals surface area (Å²) in [5.74, 6) is -0.432. The fourth-order valence-corrected chi connectivity index (χ4v) is 2.47. The van der Waals surface area contributed by atoms with Gasteiger partial charge in [-0.25, -0.2) is 4.79 Å². The summed E-state index contributed by atoms with van der Waals surface area (Å²) in [7, 11) is 0. The van der Waals surface area contributed by atoms with E-state index in [1.54, 1.807) is 6.07 Å². The van der Waals surface area contributed by atoms with E-state index in [1.807, 2.05) is 19.1 Å². The second kappa shape index (κ2) is 4.05. The lowest BCUT2D eigenvalue weighted by Crippen LogP contribution is -2.02. The highest BCUT2D eigenvalue weighted by molar-refractivity contribution is 9.10. The number of pyridine rings is 1. The lowest BCUT2D eigenvalue weighted by Gasteiger charge is -2.08. The zero-order valence-corrected chi connectivity index (χ0v) is 11.5. The van der Waals surface area contributed by atoms with E-state index in [0.717, 1.165) is 34.1 Å². The first-order valence-corrected chi connectivity index (χ1v) is 6.69. The van der Waals surface area contributed by atoms with Crippen LogP contribution >= 0.6 is 15.9 Å². The van der Waals surface area contributed by atoms with Crippen LogP contribution in [-0.4, -0.2) is 16.1 Å². The van der Waals surface area contributed by atoms with Gasteiger partial charge in [0.15, 0.2) is 0 Å². The molecule has 4 heteroatoms. The number of carbonyl (C=O) groups is 1. The van der Waals surface area contributed by atoms with E-state index in [0.29, 0.717) is 16.9 Å². The van der Waals surface area contributed by atoms with Crippen LogP contribution in [0.3, 0.4) is 0 Å². The zero-order valence-electron chi connectivity index (χ0n) is 9.90. The molecule has 1 aromatic heterocycles. The van der Waals surface area contributed by atoms with Gasteiger partial charge in [0.1, 0.15) is 0 Å². The van der Waals surface area contributed by atoms with Crippen molar-refractivity contribution < 1.29 is 9.90 Å². The molecule has 0 amide bonds. The normalized spacial score (nSPS) is 15.0. The third-order valence-corrected chi connectivity index (χ3v) is 4.19. The fourth-order valence-electron chi connectivity index (χ4n) is 2.14. The summed E-state index contributed by atoms with van der Waals surface area (Å²) in [5.41, 5.74) is 3.05. The number of hydrogen-bond acceptors (Lipinski definition) is 2. The maximum absolute atomic E-state index is 11.4. The lowest BCUT2D eigenvalue weighted by molar-refractivity contribution is 0.0699. The standard InChI is InChI=1S/C14H12BrNO2/c1-7-4-9-10(14(17)18)5-12(8-2-3-8)16-13(9)6-11(7)15/h4-6,8H,2-3H2,1H3,(H,17,18). The number of halogens is 1. The smallest absolute Gasteiger partial charge is 0.336 e. The highest BCUT2D eigenvalue weighted by Crippen LogP contribution is 2.40. The van der Waals surface area contributed by atoms with Crippen molar-refractivity contribution in [3.05, 3.63) is 39.5 Å². The van der Waals surface area contributed by atoms with Gasteiger partial charge in [-0.2, -0.15) is 0 Å². The van der Waals surface area contributed by atoms with Crippen molar-refractivity contribution in [1.29, 1.82) is 0 Å². The highest BCUT2D eigenvalue weighted by Gasteiger charge is 2.27. The third-order valence-electron chi connectivity index (χ3n) is 3.33. The van der Waals surface area contributed by atoms with E-state index >= 15 is 0 Å². The van der Waals surface area contributed by atoms with Crippen LogP contribution in [0.1, 0.15) is 40.4 Å². The number of carboxylic acid groups (broad SMARTS) is 1. The average molecular weight is 306 g/mol. The second-order valence-corrected chi connectivity index (χ2v) is 5.65. The Kier molecular flexibility index (Phi) is 2.63. The largest absolute Gasteiger partial charge is 0.478 e. The quantitative estimate of drug-likeness (QED) is 0.916. The molecule has 0 spiro atoms. The number of aromatic nitrogens is 1. The van der Waals surface area contributed by atoms with Crippen LogP contribution < -0.4 is 0 Å². The van der Waals surface area contributed by atoms with E-state index in [9.17, 15) is 9.90 Å². The van der Waals surface area contributed by atoms with E-state index in [4.69, 9.17) is 0 Å². The van der Waals surface area contributed by atoms with Gasteiger partial charge >= 0.3 is 5.97 Å². The monoisotopic (exact) mass is 305 g/mol. The molecule has 0 saturated heterocycles. The van der Waals surface area contributed by atoms with Gasteiger partial charge < -0.3 is 5.11 Å². The minimum absolute atomic E-state index is 0.359. The second-order valence-electron chi connectivity index (χ2n) is 4.79. The van der Waals surface area contributed by atoms with E-state index in [2.05, 4.69) is 20.9 Å². The van der Waals surface area contributed by atoms with Gasteiger partial charge in [0.25, 0.3) is 0 Å². The summed E-state index contributed by atoms with van der Waals surface area (Å²) < 4.78 is 0.965. The van der Waals surface area contributed by atoms with Gasteiger partial charge in [-0.15, -0.1) is 0 Å². The average Bonchev–Trinajstić information content (AvgIpc) is 3.13. The molecule has 1 heterocycles. The highest BCUT2D eigenvalue weighted by atomic mass is 79.9. The van der Waals surface area contributed by atoms with Crippen molar-refractivity contribution in [2.24, 2.45) is 0 Å². The molecule has 1 aliphatic rings. The van der Waals surface area contributed by atoms with Gasteiger partial charge in [0.2, 0.25) is 0 Å². The van der Waals surface area contributed by atoms with Crippen LogP contribution in [0.2, 0.25) is 0 Å². The molecule has 0 atom stereocenters. The molecule has 0 unspecified atom stereocenters. The van der Waals surface area contributed by atoms with Gasteiger partial charge in [0, 0.05) is 21.5 Å². The fraction of sp³-hybridized carbons (Fsp3) is 0.286. The Morgan fingerprint density at radius 3 is 2.72 bits per heavy atom.